The molecule has 1 aromatic heterocycles. The van der Waals surface area contributed by atoms with Crippen LogP contribution in [-0.2, 0) is 0 Å². The van der Waals surface area contributed by atoms with E-state index >= 15 is 0 Å². The van der Waals surface area contributed by atoms with Gasteiger partial charge in [-0.2, -0.15) is 5.10 Å². The highest BCUT2D eigenvalue weighted by Crippen LogP contribution is 2.19. The summed E-state index contributed by atoms with van der Waals surface area (Å²) < 4.78 is 0. The number of aromatic nitrogens is 2. The Balaban J connectivity index is 2.02. The van der Waals surface area contributed by atoms with Gasteiger partial charge in [0.2, 0.25) is 0 Å². The predicted molar refractivity (Wildman–Crippen MR) is 63.5 cm³/mol. The Hall–Kier alpha value is -1.36. The molecule has 1 aliphatic heterocycles. The number of piperidine rings is 1. The van der Waals surface area contributed by atoms with Gasteiger partial charge >= 0.3 is 0 Å². The van der Waals surface area contributed by atoms with Crippen molar-refractivity contribution in [1.82, 2.24) is 15.1 Å². The minimum Gasteiger partial charge on any atom is -0.380 e. The minimum atomic E-state index is -0.161. The molecule has 0 spiro atoms. The van der Waals surface area contributed by atoms with E-state index in [1.165, 1.54) is 0 Å². The van der Waals surface area contributed by atoms with Gasteiger partial charge in [-0.05, 0) is 25.9 Å². The van der Waals surface area contributed by atoms with Gasteiger partial charge in [-0.15, -0.1) is 0 Å². The third-order valence-corrected chi connectivity index (χ3v) is 3.13. The van der Waals surface area contributed by atoms with Gasteiger partial charge in [-0.1, -0.05) is 6.92 Å². The molecule has 0 aromatic carbocycles. The predicted octanol–water partition coefficient (Wildman–Crippen LogP) is 0.522. The van der Waals surface area contributed by atoms with Crippen molar-refractivity contribution in [2.24, 2.45) is 5.92 Å². The van der Waals surface area contributed by atoms with Crippen LogP contribution in [-0.4, -0.2) is 41.3 Å². The Labute approximate surface area is 94.9 Å². The number of aromatic amines is 1. The summed E-state index contributed by atoms with van der Waals surface area (Å²) in [5.41, 5.74) is 0.649. The lowest BCUT2D eigenvalue weighted by atomic mass is 9.94. The maximum absolute atomic E-state index is 11.1. The summed E-state index contributed by atoms with van der Waals surface area (Å²) in [5, 5.41) is 9.54. The van der Waals surface area contributed by atoms with Crippen molar-refractivity contribution >= 4 is 5.69 Å². The quantitative estimate of drug-likeness (QED) is 0.766. The van der Waals surface area contributed by atoms with Crippen LogP contribution in [0.2, 0.25) is 0 Å². The van der Waals surface area contributed by atoms with Crippen LogP contribution < -0.4 is 10.9 Å². The third-order valence-electron chi connectivity index (χ3n) is 3.13. The fourth-order valence-corrected chi connectivity index (χ4v) is 2.24. The molecule has 2 rings (SSSR count). The number of anilines is 1. The van der Waals surface area contributed by atoms with Crippen molar-refractivity contribution in [3.8, 4) is 0 Å². The molecule has 16 heavy (non-hydrogen) atoms. The Morgan fingerprint density at radius 3 is 3.12 bits per heavy atom. The van der Waals surface area contributed by atoms with Gasteiger partial charge in [0.15, 0.2) is 0 Å². The van der Waals surface area contributed by atoms with Gasteiger partial charge in [0.1, 0.15) is 0 Å². The van der Waals surface area contributed by atoms with E-state index in [0.717, 1.165) is 25.2 Å². The maximum atomic E-state index is 11.1. The SMILES string of the molecule is CC1CN(C)CCC1Nc1cn[nH]c(=O)c1. The summed E-state index contributed by atoms with van der Waals surface area (Å²) in [6.45, 7) is 4.42. The van der Waals surface area contributed by atoms with Crippen LogP contribution in [0.15, 0.2) is 17.1 Å². The highest BCUT2D eigenvalue weighted by molar-refractivity contribution is 5.40. The molecule has 0 amide bonds. The van der Waals surface area contributed by atoms with Crippen LogP contribution in [0.1, 0.15) is 13.3 Å². The molecule has 1 saturated heterocycles. The lowest BCUT2D eigenvalue weighted by molar-refractivity contribution is 0.206. The first-order valence-electron chi connectivity index (χ1n) is 5.65. The van der Waals surface area contributed by atoms with Crippen LogP contribution in [0.4, 0.5) is 5.69 Å². The number of H-pyrrole nitrogens is 1. The van der Waals surface area contributed by atoms with Crippen molar-refractivity contribution in [3.63, 3.8) is 0 Å². The number of nitrogens with one attached hydrogen (secondary N) is 2. The van der Waals surface area contributed by atoms with Crippen LogP contribution in [0, 0.1) is 5.92 Å². The summed E-state index contributed by atoms with van der Waals surface area (Å²) in [6.07, 6.45) is 2.76. The standard InChI is InChI=1S/C11H18N4O/c1-8-7-15(2)4-3-10(8)13-9-5-11(16)14-12-6-9/h5-6,8,10H,3-4,7H2,1-2H3,(H2,13,14,16). The Morgan fingerprint density at radius 2 is 2.44 bits per heavy atom. The molecule has 2 heterocycles. The topological polar surface area (TPSA) is 61.0 Å². The van der Waals surface area contributed by atoms with E-state index < -0.39 is 0 Å². The van der Waals surface area contributed by atoms with Crippen molar-refractivity contribution in [3.05, 3.63) is 22.6 Å². The molecule has 1 fully saturated rings. The van der Waals surface area contributed by atoms with Gasteiger partial charge in [-0.3, -0.25) is 4.79 Å². The summed E-state index contributed by atoms with van der Waals surface area (Å²) in [6, 6.07) is 1.98. The van der Waals surface area contributed by atoms with E-state index in [1.807, 2.05) is 0 Å². The van der Waals surface area contributed by atoms with Gasteiger partial charge < -0.3 is 10.2 Å². The number of nitrogens with zero attached hydrogens (tertiary/aromatic N) is 2. The van der Waals surface area contributed by atoms with Crippen molar-refractivity contribution < 1.29 is 0 Å². The molecule has 88 valence electrons. The maximum Gasteiger partial charge on any atom is 0.266 e. The molecule has 0 radical (unpaired) electrons. The molecule has 2 atom stereocenters. The molecule has 5 heteroatoms. The van der Waals surface area contributed by atoms with E-state index in [0.29, 0.717) is 12.0 Å². The molecular weight excluding hydrogens is 204 g/mol. The van der Waals surface area contributed by atoms with Gasteiger partial charge in [0.25, 0.3) is 5.56 Å². The zero-order chi connectivity index (χ0) is 11.5. The Morgan fingerprint density at radius 1 is 1.62 bits per heavy atom. The first-order valence-corrected chi connectivity index (χ1v) is 5.65. The number of rotatable bonds is 2. The lowest BCUT2D eigenvalue weighted by Crippen LogP contribution is -2.43. The zero-order valence-electron chi connectivity index (χ0n) is 9.73. The molecule has 2 N–H and O–H groups in total. The molecule has 0 bridgehead atoms. The number of hydrogen-bond donors (Lipinski definition) is 2. The van der Waals surface area contributed by atoms with E-state index in [2.05, 4.69) is 34.4 Å². The van der Waals surface area contributed by atoms with Crippen molar-refractivity contribution in [2.75, 3.05) is 25.5 Å². The van der Waals surface area contributed by atoms with Crippen molar-refractivity contribution in [2.45, 2.75) is 19.4 Å². The lowest BCUT2D eigenvalue weighted by Gasteiger charge is -2.35. The molecule has 0 aliphatic carbocycles. The summed E-state index contributed by atoms with van der Waals surface area (Å²) in [7, 11) is 2.14. The van der Waals surface area contributed by atoms with Gasteiger partial charge in [0, 0.05) is 18.7 Å². The average molecular weight is 222 g/mol. The fraction of sp³-hybridized carbons (Fsp3) is 0.636. The van der Waals surface area contributed by atoms with Gasteiger partial charge in [-0.25, -0.2) is 5.10 Å². The molecule has 2 unspecified atom stereocenters. The molecule has 1 aromatic rings. The monoisotopic (exact) mass is 222 g/mol. The summed E-state index contributed by atoms with van der Waals surface area (Å²) in [5.74, 6) is 0.582. The Kier molecular flexibility index (Phi) is 3.24. The van der Waals surface area contributed by atoms with E-state index in [4.69, 9.17) is 0 Å². The second kappa shape index (κ2) is 4.65. The molecular formula is C11H18N4O. The molecule has 5 nitrogen and oxygen atoms in total. The normalized spacial score (nSPS) is 26.6. The van der Waals surface area contributed by atoms with Crippen LogP contribution in [0.25, 0.3) is 0 Å². The zero-order valence-corrected chi connectivity index (χ0v) is 9.73. The second-order valence-electron chi connectivity index (χ2n) is 4.61. The third kappa shape index (κ3) is 2.61. The Bertz CT molecular complexity index is 403. The average Bonchev–Trinajstić information content (AvgIpc) is 2.22. The fourth-order valence-electron chi connectivity index (χ4n) is 2.24. The van der Waals surface area contributed by atoms with E-state index in [-0.39, 0.29) is 5.56 Å². The first kappa shape index (κ1) is 11.1. The summed E-state index contributed by atoms with van der Waals surface area (Å²) >= 11 is 0. The molecule has 1 aliphatic rings. The largest absolute Gasteiger partial charge is 0.380 e. The smallest absolute Gasteiger partial charge is 0.266 e. The highest BCUT2D eigenvalue weighted by atomic mass is 16.1. The second-order valence-corrected chi connectivity index (χ2v) is 4.61. The van der Waals surface area contributed by atoms with Gasteiger partial charge in [0.05, 0.1) is 11.9 Å². The van der Waals surface area contributed by atoms with Crippen LogP contribution >= 0.6 is 0 Å². The van der Waals surface area contributed by atoms with Crippen LogP contribution in [0.3, 0.4) is 0 Å². The highest BCUT2D eigenvalue weighted by Gasteiger charge is 2.23. The number of likely N-dealkylation sites (tertiary alicyclic amines) is 1. The molecule has 0 saturated carbocycles. The van der Waals surface area contributed by atoms with E-state index in [9.17, 15) is 4.79 Å². The first-order chi connectivity index (χ1) is 7.65. The van der Waals surface area contributed by atoms with E-state index in [1.54, 1.807) is 12.3 Å². The van der Waals surface area contributed by atoms with Crippen LogP contribution in [0.5, 0.6) is 0 Å². The van der Waals surface area contributed by atoms with Crippen molar-refractivity contribution in [1.29, 1.82) is 0 Å². The minimum absolute atomic E-state index is 0.161. The number of hydrogen-bond acceptors (Lipinski definition) is 4. The summed E-state index contributed by atoms with van der Waals surface area (Å²) in [4.78, 5) is 13.4.